The van der Waals surface area contributed by atoms with E-state index in [0.29, 0.717) is 18.1 Å². The predicted octanol–water partition coefficient (Wildman–Crippen LogP) is 4.40. The Kier molecular flexibility index (Phi) is 5.58. The highest BCUT2D eigenvalue weighted by molar-refractivity contribution is 5.87. The molecule has 2 fully saturated rings. The lowest BCUT2D eigenvalue weighted by molar-refractivity contribution is 0.0696. The van der Waals surface area contributed by atoms with Gasteiger partial charge in [-0.3, -0.25) is 4.90 Å². The molecule has 0 aliphatic carbocycles. The fraction of sp³-hybridized carbons (Fsp3) is 0.296. The van der Waals surface area contributed by atoms with Crippen LogP contribution in [0.3, 0.4) is 0 Å². The summed E-state index contributed by atoms with van der Waals surface area (Å²) >= 11 is 0. The molecule has 5 rings (SSSR count). The van der Waals surface area contributed by atoms with Crippen LogP contribution in [0.1, 0.15) is 15.9 Å². The Morgan fingerprint density at radius 3 is 2.38 bits per heavy atom. The Labute approximate surface area is 188 Å². The van der Waals surface area contributed by atoms with E-state index in [-0.39, 0.29) is 5.41 Å². The number of hydrogen-bond acceptors (Lipinski definition) is 4. The Morgan fingerprint density at radius 2 is 1.66 bits per heavy atom. The number of para-hydroxylation sites is 2. The predicted molar refractivity (Wildman–Crippen MR) is 125 cm³/mol. The average molecular weight is 429 g/mol. The molecule has 3 aromatic rings. The summed E-state index contributed by atoms with van der Waals surface area (Å²) in [4.78, 5) is 16.3. The van der Waals surface area contributed by atoms with Crippen molar-refractivity contribution in [1.29, 1.82) is 0 Å². The molecule has 0 bridgehead atoms. The van der Waals surface area contributed by atoms with Gasteiger partial charge in [-0.2, -0.15) is 0 Å². The molecule has 0 amide bonds. The van der Waals surface area contributed by atoms with Gasteiger partial charge < -0.3 is 14.7 Å². The summed E-state index contributed by atoms with van der Waals surface area (Å²) in [5, 5.41) is 9.32. The van der Waals surface area contributed by atoms with E-state index in [0.717, 1.165) is 44.0 Å². The Balaban J connectivity index is 1.30. The summed E-state index contributed by atoms with van der Waals surface area (Å²) in [7, 11) is 0. The minimum absolute atomic E-state index is 0.190. The number of ether oxygens (including phenoxy) is 1. The van der Waals surface area contributed by atoms with Gasteiger partial charge in [0.05, 0.1) is 12.2 Å². The van der Waals surface area contributed by atoms with E-state index >= 15 is 0 Å². The standard InChI is InChI=1S/C27H28N2O3/c30-26(31)22-9-7-8-21(14-22)15-28-16-23(17-32-25-12-5-2-6-13-25)27(18-28)19-29(20-27)24-10-3-1-4-11-24/h1-14,23H,15-20H2,(H,30,31). The largest absolute Gasteiger partial charge is 0.493 e. The van der Waals surface area contributed by atoms with E-state index in [2.05, 4.69) is 40.1 Å². The molecule has 2 aliphatic rings. The average Bonchev–Trinajstić information content (AvgIpc) is 3.16. The van der Waals surface area contributed by atoms with Crippen molar-refractivity contribution in [2.45, 2.75) is 6.54 Å². The molecule has 2 saturated heterocycles. The van der Waals surface area contributed by atoms with Gasteiger partial charge in [0.2, 0.25) is 0 Å². The summed E-state index contributed by atoms with van der Waals surface area (Å²) in [6, 6.07) is 27.9. The number of carbonyl (C=O) groups is 1. The summed E-state index contributed by atoms with van der Waals surface area (Å²) in [5.74, 6) is 0.455. The molecule has 5 heteroatoms. The van der Waals surface area contributed by atoms with Crippen LogP contribution in [0.5, 0.6) is 5.75 Å². The molecule has 0 radical (unpaired) electrons. The zero-order valence-electron chi connectivity index (χ0n) is 18.1. The van der Waals surface area contributed by atoms with Crippen LogP contribution in [0, 0.1) is 11.3 Å². The zero-order chi connectivity index (χ0) is 22.0. The SMILES string of the molecule is O=C(O)c1cccc(CN2CC(COc3ccccc3)C3(C2)CN(c2ccccc2)C3)c1. The van der Waals surface area contributed by atoms with Crippen molar-refractivity contribution >= 4 is 11.7 Å². The first-order valence-electron chi connectivity index (χ1n) is 11.1. The number of rotatable bonds is 7. The number of carboxylic acid groups (broad SMARTS) is 1. The third-order valence-corrected chi connectivity index (χ3v) is 6.79. The van der Waals surface area contributed by atoms with E-state index < -0.39 is 5.97 Å². The van der Waals surface area contributed by atoms with Crippen LogP contribution < -0.4 is 9.64 Å². The Morgan fingerprint density at radius 1 is 0.938 bits per heavy atom. The normalized spacial score (nSPS) is 19.6. The lowest BCUT2D eigenvalue weighted by Crippen LogP contribution is -2.61. The molecule has 1 atom stereocenters. The van der Waals surface area contributed by atoms with Crippen LogP contribution >= 0.6 is 0 Å². The number of likely N-dealkylation sites (tertiary alicyclic amines) is 1. The van der Waals surface area contributed by atoms with Crippen molar-refractivity contribution in [3.63, 3.8) is 0 Å². The minimum atomic E-state index is -0.878. The molecule has 3 aromatic carbocycles. The maximum absolute atomic E-state index is 11.4. The molecule has 164 valence electrons. The first-order chi connectivity index (χ1) is 15.6. The molecule has 2 heterocycles. The second kappa shape index (κ2) is 8.67. The number of carboxylic acids is 1. The van der Waals surface area contributed by atoms with E-state index in [1.54, 1.807) is 12.1 Å². The molecule has 32 heavy (non-hydrogen) atoms. The first kappa shape index (κ1) is 20.6. The van der Waals surface area contributed by atoms with Gasteiger partial charge in [0, 0.05) is 49.7 Å². The summed E-state index contributed by atoms with van der Waals surface area (Å²) in [6.07, 6.45) is 0. The highest BCUT2D eigenvalue weighted by Gasteiger charge is 2.54. The van der Waals surface area contributed by atoms with Gasteiger partial charge in [-0.15, -0.1) is 0 Å². The monoisotopic (exact) mass is 428 g/mol. The highest BCUT2D eigenvalue weighted by Crippen LogP contribution is 2.46. The van der Waals surface area contributed by atoms with Crippen molar-refractivity contribution in [2.75, 3.05) is 37.7 Å². The van der Waals surface area contributed by atoms with Crippen molar-refractivity contribution in [3.8, 4) is 5.75 Å². The number of aromatic carboxylic acids is 1. The first-order valence-corrected chi connectivity index (χ1v) is 11.1. The van der Waals surface area contributed by atoms with Crippen molar-refractivity contribution in [1.82, 2.24) is 4.90 Å². The van der Waals surface area contributed by atoms with Crippen molar-refractivity contribution in [2.24, 2.45) is 11.3 Å². The lowest BCUT2D eigenvalue weighted by Gasteiger charge is -2.52. The van der Waals surface area contributed by atoms with E-state index in [4.69, 9.17) is 4.74 Å². The van der Waals surface area contributed by atoms with Crippen molar-refractivity contribution in [3.05, 3.63) is 96.1 Å². The molecule has 1 unspecified atom stereocenters. The second-order valence-corrected chi connectivity index (χ2v) is 9.05. The molecule has 2 aliphatic heterocycles. The summed E-state index contributed by atoms with van der Waals surface area (Å²) < 4.78 is 6.19. The Bertz CT molecular complexity index is 1060. The Hall–Kier alpha value is -3.31. The topological polar surface area (TPSA) is 53.0 Å². The van der Waals surface area contributed by atoms with Crippen molar-refractivity contribution < 1.29 is 14.6 Å². The number of nitrogens with zero attached hydrogens (tertiary/aromatic N) is 2. The van der Waals surface area contributed by atoms with Crippen LogP contribution in [0.4, 0.5) is 5.69 Å². The molecule has 0 aromatic heterocycles. The quantitative estimate of drug-likeness (QED) is 0.604. The third-order valence-electron chi connectivity index (χ3n) is 6.79. The molecule has 5 nitrogen and oxygen atoms in total. The molecular formula is C27H28N2O3. The van der Waals surface area contributed by atoms with E-state index in [1.165, 1.54) is 5.69 Å². The maximum atomic E-state index is 11.4. The number of benzene rings is 3. The summed E-state index contributed by atoms with van der Waals surface area (Å²) in [5.41, 5.74) is 2.85. The maximum Gasteiger partial charge on any atom is 0.335 e. The van der Waals surface area contributed by atoms with Gasteiger partial charge in [0.1, 0.15) is 5.75 Å². The zero-order valence-corrected chi connectivity index (χ0v) is 18.1. The molecule has 1 spiro atoms. The highest BCUT2D eigenvalue weighted by atomic mass is 16.5. The van der Waals surface area contributed by atoms with E-state index in [9.17, 15) is 9.90 Å². The van der Waals surface area contributed by atoms with Crippen LogP contribution in [-0.2, 0) is 6.54 Å². The van der Waals surface area contributed by atoms with E-state index in [1.807, 2.05) is 42.5 Å². The van der Waals surface area contributed by atoms with Crippen LogP contribution in [0.15, 0.2) is 84.9 Å². The second-order valence-electron chi connectivity index (χ2n) is 9.05. The molecule has 1 N–H and O–H groups in total. The van der Waals surface area contributed by atoms with Gasteiger partial charge in [-0.25, -0.2) is 4.79 Å². The van der Waals surface area contributed by atoms with Gasteiger partial charge in [-0.05, 0) is 42.0 Å². The number of hydrogen-bond donors (Lipinski definition) is 1. The smallest absolute Gasteiger partial charge is 0.335 e. The third kappa shape index (κ3) is 4.21. The lowest BCUT2D eigenvalue weighted by atomic mass is 9.71. The van der Waals surface area contributed by atoms with Gasteiger partial charge in [0.15, 0.2) is 0 Å². The van der Waals surface area contributed by atoms with Gasteiger partial charge in [-0.1, -0.05) is 48.5 Å². The van der Waals surface area contributed by atoms with Gasteiger partial charge in [0.25, 0.3) is 0 Å². The fourth-order valence-corrected chi connectivity index (χ4v) is 5.16. The summed E-state index contributed by atoms with van der Waals surface area (Å²) in [6.45, 7) is 5.44. The molecule has 0 saturated carbocycles. The minimum Gasteiger partial charge on any atom is -0.493 e. The van der Waals surface area contributed by atoms with Crippen LogP contribution in [0.2, 0.25) is 0 Å². The fourth-order valence-electron chi connectivity index (χ4n) is 5.16. The van der Waals surface area contributed by atoms with Crippen LogP contribution in [-0.4, -0.2) is 48.8 Å². The molecular weight excluding hydrogens is 400 g/mol. The number of anilines is 1. The van der Waals surface area contributed by atoms with Crippen LogP contribution in [0.25, 0.3) is 0 Å². The van der Waals surface area contributed by atoms with Gasteiger partial charge >= 0.3 is 5.97 Å².